The number of anilines is 1. The highest BCUT2D eigenvalue weighted by Crippen LogP contribution is 2.20. The molecule has 1 heterocycles. The van der Waals surface area contributed by atoms with Crippen LogP contribution in [0.1, 0.15) is 20.3 Å². The van der Waals surface area contributed by atoms with Gasteiger partial charge in [-0.1, -0.05) is 6.92 Å². The number of ether oxygens (including phenoxy) is 1. The van der Waals surface area contributed by atoms with Gasteiger partial charge in [0.2, 0.25) is 0 Å². The number of piperazine rings is 1. The Hall–Kier alpha value is -1.75. The molecule has 0 saturated carbocycles. The second kappa shape index (κ2) is 7.88. The zero-order valence-electron chi connectivity index (χ0n) is 12.9. The number of rotatable bonds is 6. The van der Waals surface area contributed by atoms with Crippen LogP contribution in [-0.2, 0) is 4.79 Å². The number of amides is 1. The maximum absolute atomic E-state index is 11.8. The van der Waals surface area contributed by atoms with E-state index in [0.717, 1.165) is 38.3 Å². The molecule has 5 nitrogen and oxygen atoms in total. The van der Waals surface area contributed by atoms with Crippen molar-refractivity contribution in [1.29, 1.82) is 0 Å². The van der Waals surface area contributed by atoms with E-state index < -0.39 is 6.10 Å². The molecule has 0 bridgehead atoms. The van der Waals surface area contributed by atoms with E-state index in [-0.39, 0.29) is 5.91 Å². The average Bonchev–Trinajstić information content (AvgIpc) is 2.54. The molecule has 0 aromatic heterocycles. The minimum Gasteiger partial charge on any atom is -0.481 e. The fourth-order valence-electron chi connectivity index (χ4n) is 2.31. The third-order valence-corrected chi connectivity index (χ3v) is 3.55. The van der Waals surface area contributed by atoms with Crippen molar-refractivity contribution in [2.75, 3.05) is 37.6 Å². The van der Waals surface area contributed by atoms with E-state index in [1.165, 1.54) is 5.69 Å². The SMILES string of the molecule is CCCNC(=O)C(C)Oc1ccc(N2CCNCC2)cc1. The van der Waals surface area contributed by atoms with Gasteiger partial charge in [-0.25, -0.2) is 0 Å². The highest BCUT2D eigenvalue weighted by atomic mass is 16.5. The third-order valence-electron chi connectivity index (χ3n) is 3.55. The summed E-state index contributed by atoms with van der Waals surface area (Å²) in [5.41, 5.74) is 1.20. The number of nitrogens with zero attached hydrogens (tertiary/aromatic N) is 1. The molecule has 1 saturated heterocycles. The van der Waals surface area contributed by atoms with E-state index in [4.69, 9.17) is 4.74 Å². The van der Waals surface area contributed by atoms with E-state index in [1.54, 1.807) is 6.92 Å². The Kier molecular flexibility index (Phi) is 5.87. The summed E-state index contributed by atoms with van der Waals surface area (Å²) in [6.07, 6.45) is 0.458. The lowest BCUT2D eigenvalue weighted by atomic mass is 10.2. The van der Waals surface area contributed by atoms with E-state index in [0.29, 0.717) is 6.54 Å². The molecule has 1 fully saturated rings. The molecule has 1 aliphatic heterocycles. The lowest BCUT2D eigenvalue weighted by molar-refractivity contribution is -0.127. The second-order valence-corrected chi connectivity index (χ2v) is 5.28. The van der Waals surface area contributed by atoms with E-state index in [1.807, 2.05) is 19.1 Å². The third kappa shape index (κ3) is 4.63. The molecule has 5 heteroatoms. The molecule has 1 aromatic rings. The van der Waals surface area contributed by atoms with Gasteiger partial charge in [0.25, 0.3) is 5.91 Å². The van der Waals surface area contributed by atoms with Crippen molar-refractivity contribution in [1.82, 2.24) is 10.6 Å². The highest BCUT2D eigenvalue weighted by molar-refractivity contribution is 5.80. The van der Waals surface area contributed by atoms with Crippen LogP contribution in [0.2, 0.25) is 0 Å². The summed E-state index contributed by atoms with van der Waals surface area (Å²) in [4.78, 5) is 14.1. The van der Waals surface area contributed by atoms with Gasteiger partial charge in [0, 0.05) is 38.4 Å². The smallest absolute Gasteiger partial charge is 0.260 e. The quantitative estimate of drug-likeness (QED) is 0.831. The fraction of sp³-hybridized carbons (Fsp3) is 0.562. The lowest BCUT2D eigenvalue weighted by Gasteiger charge is -2.29. The first-order valence-corrected chi connectivity index (χ1v) is 7.71. The van der Waals surface area contributed by atoms with Crippen molar-refractivity contribution in [2.45, 2.75) is 26.4 Å². The van der Waals surface area contributed by atoms with Crippen molar-refractivity contribution in [3.63, 3.8) is 0 Å². The highest BCUT2D eigenvalue weighted by Gasteiger charge is 2.14. The minimum absolute atomic E-state index is 0.0666. The lowest BCUT2D eigenvalue weighted by Crippen LogP contribution is -2.43. The van der Waals surface area contributed by atoms with Gasteiger partial charge < -0.3 is 20.3 Å². The summed E-state index contributed by atoms with van der Waals surface area (Å²) in [7, 11) is 0. The Morgan fingerprint density at radius 2 is 2.00 bits per heavy atom. The molecule has 0 spiro atoms. The molecule has 1 atom stereocenters. The van der Waals surface area contributed by atoms with Gasteiger partial charge in [0.15, 0.2) is 6.10 Å². The Morgan fingerprint density at radius 1 is 1.33 bits per heavy atom. The molecule has 0 radical (unpaired) electrons. The first-order chi connectivity index (χ1) is 10.2. The Bertz CT molecular complexity index is 441. The summed E-state index contributed by atoms with van der Waals surface area (Å²) < 4.78 is 5.67. The summed E-state index contributed by atoms with van der Waals surface area (Å²) in [6, 6.07) is 7.97. The number of carbonyl (C=O) groups excluding carboxylic acids is 1. The monoisotopic (exact) mass is 291 g/mol. The van der Waals surface area contributed by atoms with E-state index in [2.05, 4.69) is 27.7 Å². The molecule has 116 valence electrons. The van der Waals surface area contributed by atoms with Crippen LogP contribution in [0.3, 0.4) is 0 Å². The van der Waals surface area contributed by atoms with Crippen LogP contribution in [0.25, 0.3) is 0 Å². The molecule has 2 rings (SSSR count). The predicted molar refractivity (Wildman–Crippen MR) is 84.9 cm³/mol. The molecule has 1 aliphatic rings. The average molecular weight is 291 g/mol. The molecular formula is C16H25N3O2. The molecule has 0 aliphatic carbocycles. The summed E-state index contributed by atoms with van der Waals surface area (Å²) in [5.74, 6) is 0.663. The van der Waals surface area contributed by atoms with Gasteiger partial charge in [-0.15, -0.1) is 0 Å². The normalized spacial score (nSPS) is 16.4. The van der Waals surface area contributed by atoms with Crippen LogP contribution in [0, 0.1) is 0 Å². The molecule has 1 unspecified atom stereocenters. The van der Waals surface area contributed by atoms with Crippen molar-refractivity contribution in [2.24, 2.45) is 0 Å². The Labute approximate surface area is 126 Å². The van der Waals surface area contributed by atoms with Crippen molar-refractivity contribution in [3.05, 3.63) is 24.3 Å². The van der Waals surface area contributed by atoms with Crippen LogP contribution in [-0.4, -0.2) is 44.7 Å². The standard InChI is InChI=1S/C16H25N3O2/c1-3-8-18-16(20)13(2)21-15-6-4-14(5-7-15)19-11-9-17-10-12-19/h4-7,13,17H,3,8-12H2,1-2H3,(H,18,20). The van der Waals surface area contributed by atoms with Crippen LogP contribution in [0.5, 0.6) is 5.75 Å². The van der Waals surface area contributed by atoms with Crippen LogP contribution < -0.4 is 20.3 Å². The molecular weight excluding hydrogens is 266 g/mol. The van der Waals surface area contributed by atoms with Gasteiger partial charge in [0.1, 0.15) is 5.75 Å². The maximum Gasteiger partial charge on any atom is 0.260 e. The van der Waals surface area contributed by atoms with Crippen molar-refractivity contribution in [3.8, 4) is 5.75 Å². The number of carbonyl (C=O) groups is 1. The molecule has 1 aromatic carbocycles. The largest absolute Gasteiger partial charge is 0.481 e. The fourth-order valence-corrected chi connectivity index (χ4v) is 2.31. The summed E-state index contributed by atoms with van der Waals surface area (Å²) in [6.45, 7) is 8.58. The minimum atomic E-state index is -0.471. The molecule has 2 N–H and O–H groups in total. The number of nitrogens with one attached hydrogen (secondary N) is 2. The first kappa shape index (κ1) is 15.6. The second-order valence-electron chi connectivity index (χ2n) is 5.28. The van der Waals surface area contributed by atoms with Crippen LogP contribution >= 0.6 is 0 Å². The van der Waals surface area contributed by atoms with Crippen LogP contribution in [0.15, 0.2) is 24.3 Å². The zero-order chi connectivity index (χ0) is 15.1. The summed E-state index contributed by atoms with van der Waals surface area (Å²) >= 11 is 0. The van der Waals surface area contributed by atoms with Gasteiger partial charge in [-0.3, -0.25) is 4.79 Å². The Morgan fingerprint density at radius 3 is 2.62 bits per heavy atom. The summed E-state index contributed by atoms with van der Waals surface area (Å²) in [5, 5.41) is 6.18. The first-order valence-electron chi connectivity index (χ1n) is 7.71. The van der Waals surface area contributed by atoms with Crippen molar-refractivity contribution < 1.29 is 9.53 Å². The predicted octanol–water partition coefficient (Wildman–Crippen LogP) is 1.39. The van der Waals surface area contributed by atoms with Gasteiger partial charge in [-0.05, 0) is 37.6 Å². The van der Waals surface area contributed by atoms with Gasteiger partial charge in [0.05, 0.1) is 0 Å². The molecule has 1 amide bonds. The zero-order valence-corrected chi connectivity index (χ0v) is 12.9. The number of hydrogen-bond acceptors (Lipinski definition) is 4. The maximum atomic E-state index is 11.8. The topological polar surface area (TPSA) is 53.6 Å². The number of benzene rings is 1. The number of hydrogen-bond donors (Lipinski definition) is 2. The molecule has 21 heavy (non-hydrogen) atoms. The van der Waals surface area contributed by atoms with E-state index >= 15 is 0 Å². The van der Waals surface area contributed by atoms with Crippen LogP contribution in [0.4, 0.5) is 5.69 Å². The van der Waals surface area contributed by atoms with E-state index in [9.17, 15) is 4.79 Å². The van der Waals surface area contributed by atoms with Gasteiger partial charge >= 0.3 is 0 Å². The Balaban J connectivity index is 1.88. The van der Waals surface area contributed by atoms with Crippen molar-refractivity contribution >= 4 is 11.6 Å². The van der Waals surface area contributed by atoms with Gasteiger partial charge in [-0.2, -0.15) is 0 Å².